The number of carboxylic acids is 1. The zero-order chi connectivity index (χ0) is 22.7. The lowest BCUT2D eigenvalue weighted by Gasteiger charge is -2.24. The molecule has 1 fully saturated rings. The summed E-state index contributed by atoms with van der Waals surface area (Å²) in [7, 11) is 3.12. The topological polar surface area (TPSA) is 88.1 Å². The molecule has 1 saturated heterocycles. The first kappa shape index (κ1) is 21.0. The van der Waals surface area contributed by atoms with E-state index in [-0.39, 0.29) is 11.5 Å². The van der Waals surface area contributed by atoms with Crippen LogP contribution in [0.2, 0.25) is 0 Å². The molecule has 1 amide bonds. The lowest BCUT2D eigenvalue weighted by atomic mass is 10.1. The molecule has 0 saturated carbocycles. The minimum absolute atomic E-state index is 0.158. The summed E-state index contributed by atoms with van der Waals surface area (Å²) in [5.41, 5.74) is 2.84. The Morgan fingerprint density at radius 2 is 1.66 bits per heavy atom. The van der Waals surface area contributed by atoms with Gasteiger partial charge < -0.3 is 19.9 Å². The average molecular weight is 430 g/mol. The van der Waals surface area contributed by atoms with Gasteiger partial charge in [-0.25, -0.2) is 4.79 Å². The second-order valence-electron chi connectivity index (χ2n) is 7.16. The van der Waals surface area contributed by atoms with Crippen LogP contribution in [0, 0.1) is 0 Å². The second-order valence-corrected chi connectivity index (χ2v) is 7.16. The molecule has 1 heterocycles. The number of carbonyl (C=O) groups excluding carboxylic acids is 1. The first-order valence-corrected chi connectivity index (χ1v) is 9.94. The number of rotatable bonds is 6. The fourth-order valence-corrected chi connectivity index (χ4v) is 3.63. The van der Waals surface area contributed by atoms with Gasteiger partial charge in [-0.3, -0.25) is 9.69 Å². The highest BCUT2D eigenvalue weighted by molar-refractivity contribution is 6.11. The van der Waals surface area contributed by atoms with Crippen molar-refractivity contribution in [3.63, 3.8) is 0 Å². The predicted octanol–water partition coefficient (Wildman–Crippen LogP) is 4.08. The highest BCUT2D eigenvalue weighted by Gasteiger charge is 2.36. The van der Waals surface area contributed by atoms with Crippen molar-refractivity contribution in [1.82, 2.24) is 5.32 Å². The number of amides is 1. The van der Waals surface area contributed by atoms with Gasteiger partial charge in [0, 0.05) is 5.69 Å². The van der Waals surface area contributed by atoms with Gasteiger partial charge in [-0.15, -0.1) is 0 Å². The van der Waals surface area contributed by atoms with E-state index in [1.165, 1.54) is 12.1 Å². The molecule has 3 aromatic rings. The second kappa shape index (κ2) is 8.85. The van der Waals surface area contributed by atoms with E-state index in [1.54, 1.807) is 49.5 Å². The summed E-state index contributed by atoms with van der Waals surface area (Å²) < 4.78 is 10.6. The van der Waals surface area contributed by atoms with Crippen LogP contribution in [0.5, 0.6) is 11.5 Å². The Kier molecular flexibility index (Phi) is 5.81. The Morgan fingerprint density at radius 1 is 0.969 bits per heavy atom. The Hall–Kier alpha value is -4.26. The van der Waals surface area contributed by atoms with Crippen LogP contribution in [0.15, 0.2) is 78.5 Å². The molecule has 7 nitrogen and oxygen atoms in total. The van der Waals surface area contributed by atoms with Crippen LogP contribution in [0.4, 0.5) is 5.69 Å². The summed E-state index contributed by atoms with van der Waals surface area (Å²) in [5, 5.41) is 12.5. The first-order valence-electron chi connectivity index (χ1n) is 9.94. The fraction of sp³-hybridized carbons (Fsp3) is 0.120. The van der Waals surface area contributed by atoms with Crippen molar-refractivity contribution in [2.24, 2.45) is 0 Å². The summed E-state index contributed by atoms with van der Waals surface area (Å²) in [4.78, 5) is 26.2. The standard InChI is InChI=1S/C25H22N2O5/c1-31-21-13-8-16(15-22(21)32-2)14-20-24(28)27(19-11-9-18(10-12-19)25(29)30)23(26-20)17-6-4-3-5-7-17/h3-15,23,26H,1-2H3,(H,29,30)/b20-14+/t23-/m0/s1. The van der Waals surface area contributed by atoms with Crippen LogP contribution in [-0.4, -0.2) is 31.2 Å². The van der Waals surface area contributed by atoms with Gasteiger partial charge in [0.05, 0.1) is 19.8 Å². The molecule has 0 spiro atoms. The van der Waals surface area contributed by atoms with E-state index in [4.69, 9.17) is 9.47 Å². The van der Waals surface area contributed by atoms with Crippen LogP contribution in [-0.2, 0) is 4.79 Å². The van der Waals surface area contributed by atoms with E-state index in [0.717, 1.165) is 11.1 Å². The van der Waals surface area contributed by atoms with E-state index in [9.17, 15) is 14.7 Å². The van der Waals surface area contributed by atoms with Crippen LogP contribution in [0.25, 0.3) is 6.08 Å². The molecule has 0 unspecified atom stereocenters. The van der Waals surface area contributed by atoms with E-state index < -0.39 is 12.1 Å². The Balaban J connectivity index is 1.74. The number of carbonyl (C=O) groups is 2. The summed E-state index contributed by atoms with van der Waals surface area (Å²) in [5.74, 6) is -0.0801. The molecule has 0 bridgehead atoms. The third-order valence-electron chi connectivity index (χ3n) is 5.23. The van der Waals surface area contributed by atoms with Gasteiger partial charge in [-0.05, 0) is 53.6 Å². The van der Waals surface area contributed by atoms with Crippen molar-refractivity contribution >= 4 is 23.6 Å². The van der Waals surface area contributed by atoms with Crippen molar-refractivity contribution in [3.8, 4) is 11.5 Å². The van der Waals surface area contributed by atoms with E-state index in [1.807, 2.05) is 36.4 Å². The van der Waals surface area contributed by atoms with Crippen LogP contribution in [0.1, 0.15) is 27.7 Å². The quantitative estimate of drug-likeness (QED) is 0.573. The number of nitrogens with one attached hydrogen (secondary N) is 1. The van der Waals surface area contributed by atoms with E-state index in [0.29, 0.717) is 22.9 Å². The third kappa shape index (κ3) is 4.00. The Bertz CT molecular complexity index is 1170. The largest absolute Gasteiger partial charge is 0.493 e. The number of carboxylic acid groups (broad SMARTS) is 1. The van der Waals surface area contributed by atoms with Gasteiger partial charge in [0.15, 0.2) is 11.5 Å². The molecule has 4 rings (SSSR count). The summed E-state index contributed by atoms with van der Waals surface area (Å²) in [6.45, 7) is 0. The Labute approximate surface area is 185 Å². The number of hydrogen-bond acceptors (Lipinski definition) is 5. The van der Waals surface area contributed by atoms with Gasteiger partial charge in [-0.2, -0.15) is 0 Å². The number of methoxy groups -OCH3 is 2. The summed E-state index contributed by atoms with van der Waals surface area (Å²) >= 11 is 0. The molecular formula is C25H22N2O5. The van der Waals surface area contributed by atoms with Gasteiger partial charge in [-0.1, -0.05) is 36.4 Å². The molecule has 0 aromatic heterocycles. The van der Waals surface area contributed by atoms with Gasteiger partial charge in [0.2, 0.25) is 0 Å². The number of ether oxygens (including phenoxy) is 2. The van der Waals surface area contributed by atoms with Crippen molar-refractivity contribution in [2.45, 2.75) is 6.17 Å². The summed E-state index contributed by atoms with van der Waals surface area (Å²) in [6, 6.07) is 21.3. The van der Waals surface area contributed by atoms with E-state index >= 15 is 0 Å². The lowest BCUT2D eigenvalue weighted by molar-refractivity contribution is -0.114. The molecule has 32 heavy (non-hydrogen) atoms. The monoisotopic (exact) mass is 430 g/mol. The maximum atomic E-state index is 13.4. The third-order valence-corrected chi connectivity index (χ3v) is 5.23. The van der Waals surface area contributed by atoms with Crippen LogP contribution in [0.3, 0.4) is 0 Å². The molecule has 1 aliphatic heterocycles. The van der Waals surface area contributed by atoms with Crippen molar-refractivity contribution < 1.29 is 24.2 Å². The van der Waals surface area contributed by atoms with Crippen LogP contribution < -0.4 is 19.7 Å². The van der Waals surface area contributed by atoms with Gasteiger partial charge >= 0.3 is 5.97 Å². The summed E-state index contributed by atoms with van der Waals surface area (Å²) in [6.07, 6.45) is 1.32. The number of hydrogen-bond donors (Lipinski definition) is 2. The van der Waals surface area contributed by atoms with Gasteiger partial charge in [0.1, 0.15) is 11.9 Å². The minimum atomic E-state index is -1.02. The fourth-order valence-electron chi connectivity index (χ4n) is 3.63. The van der Waals surface area contributed by atoms with Crippen molar-refractivity contribution in [3.05, 3.63) is 95.2 Å². The van der Waals surface area contributed by atoms with Gasteiger partial charge in [0.25, 0.3) is 5.91 Å². The van der Waals surface area contributed by atoms with Crippen molar-refractivity contribution in [1.29, 1.82) is 0 Å². The number of benzene rings is 3. The molecule has 1 aliphatic rings. The highest BCUT2D eigenvalue weighted by Crippen LogP contribution is 2.34. The molecule has 7 heteroatoms. The molecule has 0 radical (unpaired) electrons. The zero-order valence-corrected chi connectivity index (χ0v) is 17.6. The number of nitrogens with zero attached hydrogens (tertiary/aromatic N) is 1. The normalized spacial score (nSPS) is 16.7. The molecule has 3 aromatic carbocycles. The maximum Gasteiger partial charge on any atom is 0.335 e. The highest BCUT2D eigenvalue weighted by atomic mass is 16.5. The minimum Gasteiger partial charge on any atom is -0.493 e. The van der Waals surface area contributed by atoms with Crippen molar-refractivity contribution in [2.75, 3.05) is 19.1 Å². The van der Waals surface area contributed by atoms with Crippen LogP contribution >= 0.6 is 0 Å². The molecule has 2 N–H and O–H groups in total. The lowest BCUT2D eigenvalue weighted by Crippen LogP contribution is -2.30. The first-order chi connectivity index (χ1) is 15.5. The SMILES string of the molecule is COc1ccc(/C=C2/N[C@H](c3ccccc3)N(c3ccc(C(=O)O)cc3)C2=O)cc1OC. The number of anilines is 1. The molecule has 162 valence electrons. The molecular weight excluding hydrogens is 408 g/mol. The number of aromatic carboxylic acids is 1. The Morgan fingerprint density at radius 3 is 2.28 bits per heavy atom. The van der Waals surface area contributed by atoms with E-state index in [2.05, 4.69) is 5.32 Å². The average Bonchev–Trinajstić information content (AvgIpc) is 3.15. The smallest absolute Gasteiger partial charge is 0.335 e. The maximum absolute atomic E-state index is 13.4. The predicted molar refractivity (Wildman–Crippen MR) is 121 cm³/mol. The zero-order valence-electron chi connectivity index (χ0n) is 17.6. The molecule has 1 atom stereocenters. The molecule has 0 aliphatic carbocycles.